The molecule has 1 saturated heterocycles. The first-order chi connectivity index (χ1) is 11.7. The Balaban J connectivity index is 0.00000338. The van der Waals surface area contributed by atoms with Crippen molar-refractivity contribution in [1.82, 2.24) is 15.4 Å². The molecule has 0 aliphatic carbocycles. The van der Waals surface area contributed by atoms with E-state index in [4.69, 9.17) is 0 Å². The van der Waals surface area contributed by atoms with Crippen molar-refractivity contribution in [3.8, 4) is 0 Å². The number of carbonyl (C=O) groups excluding carboxylic acids is 1. The van der Waals surface area contributed by atoms with E-state index in [9.17, 15) is 26.4 Å². The van der Waals surface area contributed by atoms with Crippen LogP contribution in [0.2, 0.25) is 0 Å². The smallest absolute Gasteiger partial charge is 0.343 e. The average Bonchev–Trinajstić information content (AvgIpc) is 2.58. The van der Waals surface area contributed by atoms with Gasteiger partial charge in [0.1, 0.15) is 6.54 Å². The summed E-state index contributed by atoms with van der Waals surface area (Å²) in [6.07, 6.45) is -2.57. The van der Waals surface area contributed by atoms with Crippen LogP contribution in [0.4, 0.5) is 13.2 Å². The Bertz CT molecular complexity index is 690. The molecule has 1 fully saturated rings. The predicted molar refractivity (Wildman–Crippen MR) is 92.9 cm³/mol. The Morgan fingerprint density at radius 2 is 1.88 bits per heavy atom. The van der Waals surface area contributed by atoms with Crippen LogP contribution in [-0.2, 0) is 10.0 Å². The molecule has 148 valence electrons. The van der Waals surface area contributed by atoms with Crippen molar-refractivity contribution in [3.05, 3.63) is 29.8 Å². The molecular formula is C15H21ClF3N3O3S. The van der Waals surface area contributed by atoms with Crippen molar-refractivity contribution in [3.63, 3.8) is 0 Å². The number of hydrogen-bond acceptors (Lipinski definition) is 4. The van der Waals surface area contributed by atoms with E-state index in [0.29, 0.717) is 6.54 Å². The lowest BCUT2D eigenvalue weighted by Gasteiger charge is -2.22. The first kappa shape index (κ1) is 22.7. The fourth-order valence-corrected chi connectivity index (χ4v) is 3.59. The summed E-state index contributed by atoms with van der Waals surface area (Å²) in [5.74, 6) is -0.696. The van der Waals surface area contributed by atoms with E-state index in [1.807, 2.05) is 0 Å². The third-order valence-corrected chi connectivity index (χ3v) is 5.28. The largest absolute Gasteiger partial charge is 0.405 e. The molecule has 2 rings (SSSR count). The van der Waals surface area contributed by atoms with Crippen molar-refractivity contribution in [2.75, 3.05) is 26.2 Å². The number of piperidine rings is 1. The Morgan fingerprint density at radius 1 is 1.23 bits per heavy atom. The van der Waals surface area contributed by atoms with E-state index in [0.717, 1.165) is 25.9 Å². The maximum atomic E-state index is 12.2. The van der Waals surface area contributed by atoms with Crippen molar-refractivity contribution >= 4 is 28.3 Å². The number of sulfonamides is 1. The van der Waals surface area contributed by atoms with Gasteiger partial charge in [-0.25, -0.2) is 13.1 Å². The number of alkyl halides is 3. The minimum atomic E-state index is -4.50. The molecule has 0 aromatic heterocycles. The number of benzene rings is 1. The highest BCUT2D eigenvalue weighted by molar-refractivity contribution is 7.89. The predicted octanol–water partition coefficient (Wildman–Crippen LogP) is 1.68. The van der Waals surface area contributed by atoms with Crippen molar-refractivity contribution in [1.29, 1.82) is 0 Å². The second-order valence-electron chi connectivity index (χ2n) is 5.89. The van der Waals surface area contributed by atoms with E-state index in [1.165, 1.54) is 24.3 Å². The lowest BCUT2D eigenvalue weighted by Crippen LogP contribution is -2.38. The van der Waals surface area contributed by atoms with Crippen LogP contribution >= 0.6 is 12.4 Å². The molecule has 1 aromatic rings. The molecule has 0 bridgehead atoms. The van der Waals surface area contributed by atoms with Gasteiger partial charge in [0.2, 0.25) is 10.0 Å². The van der Waals surface area contributed by atoms with Crippen molar-refractivity contribution in [2.45, 2.75) is 23.9 Å². The second kappa shape index (κ2) is 9.54. The molecule has 1 heterocycles. The first-order valence-electron chi connectivity index (χ1n) is 7.83. The number of amides is 1. The number of carbonyl (C=O) groups is 1. The topological polar surface area (TPSA) is 87.3 Å². The van der Waals surface area contributed by atoms with Gasteiger partial charge < -0.3 is 10.6 Å². The van der Waals surface area contributed by atoms with Gasteiger partial charge >= 0.3 is 6.18 Å². The molecule has 1 aromatic carbocycles. The van der Waals surface area contributed by atoms with Gasteiger partial charge in [-0.1, -0.05) is 0 Å². The van der Waals surface area contributed by atoms with Gasteiger partial charge in [0, 0.05) is 12.1 Å². The zero-order chi connectivity index (χ0) is 18.5. The summed E-state index contributed by atoms with van der Waals surface area (Å²) >= 11 is 0. The standard InChI is InChI=1S/C15H20F3N3O3S.ClH/c16-15(17,18)10-20-14(22)12-3-5-13(6-4-12)25(23,24)21-9-11-2-1-7-19-8-11;/h3-6,11,19,21H,1-2,7-10H2,(H,20,22);1H. The van der Waals surface area contributed by atoms with Gasteiger partial charge in [0.05, 0.1) is 4.90 Å². The summed E-state index contributed by atoms with van der Waals surface area (Å²) < 4.78 is 63.2. The van der Waals surface area contributed by atoms with Gasteiger partial charge in [0.15, 0.2) is 0 Å². The molecule has 1 unspecified atom stereocenters. The number of rotatable bonds is 6. The first-order valence-corrected chi connectivity index (χ1v) is 9.31. The Morgan fingerprint density at radius 3 is 2.42 bits per heavy atom. The SMILES string of the molecule is Cl.O=C(NCC(F)(F)F)c1ccc(S(=O)(=O)NCC2CCCNC2)cc1. The molecule has 11 heteroatoms. The van der Waals surface area contributed by atoms with Gasteiger partial charge in [0.25, 0.3) is 5.91 Å². The van der Waals surface area contributed by atoms with Crippen LogP contribution in [0.1, 0.15) is 23.2 Å². The molecule has 0 saturated carbocycles. The zero-order valence-corrected chi connectivity index (χ0v) is 15.4. The molecule has 1 atom stereocenters. The van der Waals surface area contributed by atoms with Crippen LogP contribution in [0.25, 0.3) is 0 Å². The van der Waals surface area contributed by atoms with Gasteiger partial charge in [-0.05, 0) is 56.1 Å². The minimum Gasteiger partial charge on any atom is -0.343 e. The van der Waals surface area contributed by atoms with Crippen molar-refractivity contribution in [2.24, 2.45) is 5.92 Å². The maximum absolute atomic E-state index is 12.2. The van der Waals surface area contributed by atoms with Crippen LogP contribution in [0.5, 0.6) is 0 Å². The van der Waals surface area contributed by atoms with E-state index in [-0.39, 0.29) is 28.8 Å². The highest BCUT2D eigenvalue weighted by atomic mass is 35.5. The molecule has 0 spiro atoms. The summed E-state index contributed by atoms with van der Waals surface area (Å²) in [7, 11) is -3.73. The van der Waals surface area contributed by atoms with E-state index < -0.39 is 28.7 Å². The summed E-state index contributed by atoms with van der Waals surface area (Å²) in [6, 6.07) is 4.76. The summed E-state index contributed by atoms with van der Waals surface area (Å²) in [4.78, 5) is 11.6. The molecule has 26 heavy (non-hydrogen) atoms. The normalized spacial score (nSPS) is 18.0. The number of halogens is 4. The summed E-state index contributed by atoms with van der Waals surface area (Å²) in [5.41, 5.74) is -0.0420. The van der Waals surface area contributed by atoms with E-state index in [1.54, 1.807) is 5.32 Å². The Kier molecular flexibility index (Phi) is 8.32. The zero-order valence-electron chi connectivity index (χ0n) is 13.8. The molecule has 3 N–H and O–H groups in total. The second-order valence-corrected chi connectivity index (χ2v) is 7.65. The van der Waals surface area contributed by atoms with E-state index >= 15 is 0 Å². The average molecular weight is 416 g/mol. The third-order valence-electron chi connectivity index (χ3n) is 3.84. The highest BCUT2D eigenvalue weighted by Crippen LogP contribution is 2.15. The maximum Gasteiger partial charge on any atom is 0.405 e. The molecule has 1 aliphatic heterocycles. The summed E-state index contributed by atoms with van der Waals surface area (Å²) in [6.45, 7) is 0.550. The molecule has 1 amide bonds. The Hall–Kier alpha value is -1.36. The quantitative estimate of drug-likeness (QED) is 0.659. The van der Waals surface area contributed by atoms with Crippen LogP contribution in [0, 0.1) is 5.92 Å². The van der Waals surface area contributed by atoms with Gasteiger partial charge in [-0.2, -0.15) is 13.2 Å². The lowest BCUT2D eigenvalue weighted by molar-refractivity contribution is -0.123. The monoisotopic (exact) mass is 415 g/mol. The lowest BCUT2D eigenvalue weighted by atomic mass is 10.0. The van der Waals surface area contributed by atoms with Gasteiger partial charge in [-0.15, -0.1) is 12.4 Å². The third kappa shape index (κ3) is 7.10. The summed E-state index contributed by atoms with van der Waals surface area (Å²) in [5, 5.41) is 4.92. The Labute approximate surface area is 156 Å². The fraction of sp³-hybridized carbons (Fsp3) is 0.533. The number of hydrogen-bond donors (Lipinski definition) is 3. The van der Waals surface area contributed by atoms with Crippen LogP contribution in [-0.4, -0.2) is 46.7 Å². The van der Waals surface area contributed by atoms with Crippen LogP contribution in [0.15, 0.2) is 29.2 Å². The fourth-order valence-electron chi connectivity index (χ4n) is 2.48. The molecule has 1 aliphatic rings. The molecular weight excluding hydrogens is 395 g/mol. The van der Waals surface area contributed by atoms with Crippen LogP contribution in [0.3, 0.4) is 0 Å². The van der Waals surface area contributed by atoms with E-state index in [2.05, 4.69) is 10.0 Å². The van der Waals surface area contributed by atoms with Crippen LogP contribution < -0.4 is 15.4 Å². The highest BCUT2D eigenvalue weighted by Gasteiger charge is 2.28. The molecule has 0 radical (unpaired) electrons. The number of nitrogens with one attached hydrogen (secondary N) is 3. The van der Waals surface area contributed by atoms with Crippen molar-refractivity contribution < 1.29 is 26.4 Å². The van der Waals surface area contributed by atoms with Gasteiger partial charge in [-0.3, -0.25) is 4.79 Å². The minimum absolute atomic E-state index is 0. The molecule has 6 nitrogen and oxygen atoms in total.